The quantitative estimate of drug-likeness (QED) is 0.626. The predicted octanol–water partition coefficient (Wildman–Crippen LogP) is 3.83. The summed E-state index contributed by atoms with van der Waals surface area (Å²) in [7, 11) is 0. The van der Waals surface area contributed by atoms with Gasteiger partial charge in [0.15, 0.2) is 0 Å². The van der Waals surface area contributed by atoms with E-state index in [-0.39, 0.29) is 11.9 Å². The number of anilines is 1. The Morgan fingerprint density at radius 1 is 0.800 bits per heavy atom. The van der Waals surface area contributed by atoms with Crippen LogP contribution in [0.3, 0.4) is 0 Å². The van der Waals surface area contributed by atoms with Gasteiger partial charge in [0.1, 0.15) is 4.99 Å². The van der Waals surface area contributed by atoms with E-state index in [0.29, 0.717) is 29.3 Å². The number of hydrogen-bond donors (Lipinski definition) is 1. The van der Waals surface area contributed by atoms with Gasteiger partial charge >= 0.3 is 11.9 Å². The Labute approximate surface area is 152 Å². The summed E-state index contributed by atoms with van der Waals surface area (Å²) in [5, 5.41) is 3.09. The molecule has 2 aromatic carbocycles. The normalized spacial score (nSPS) is 10.0. The molecule has 0 saturated heterocycles. The number of benzene rings is 2. The second-order valence-corrected chi connectivity index (χ2v) is 5.46. The first-order valence-electron chi connectivity index (χ1n) is 7.90. The summed E-state index contributed by atoms with van der Waals surface area (Å²) in [6, 6.07) is 13.7. The Kier molecular flexibility index (Phi) is 6.65. The smallest absolute Gasteiger partial charge is 0.338 e. The van der Waals surface area contributed by atoms with Gasteiger partial charge in [-0.05, 0) is 50.2 Å². The Balaban J connectivity index is 2.02. The van der Waals surface area contributed by atoms with Crippen LogP contribution in [-0.2, 0) is 9.47 Å². The van der Waals surface area contributed by atoms with Crippen molar-refractivity contribution in [1.29, 1.82) is 0 Å². The number of hydrogen-bond acceptors (Lipinski definition) is 5. The molecule has 0 aliphatic heterocycles. The lowest BCUT2D eigenvalue weighted by atomic mass is 10.1. The van der Waals surface area contributed by atoms with Gasteiger partial charge in [-0.25, -0.2) is 9.59 Å². The number of carbonyl (C=O) groups excluding carboxylic acids is 2. The second kappa shape index (κ2) is 8.94. The van der Waals surface area contributed by atoms with E-state index >= 15 is 0 Å². The molecule has 25 heavy (non-hydrogen) atoms. The first kappa shape index (κ1) is 18.6. The van der Waals surface area contributed by atoms with Crippen molar-refractivity contribution in [1.82, 2.24) is 0 Å². The van der Waals surface area contributed by atoms with Crippen LogP contribution in [0.15, 0.2) is 48.5 Å². The Bertz CT molecular complexity index is 754. The maximum atomic E-state index is 11.6. The molecule has 0 aromatic heterocycles. The highest BCUT2D eigenvalue weighted by Gasteiger charge is 2.09. The van der Waals surface area contributed by atoms with Crippen molar-refractivity contribution < 1.29 is 19.1 Å². The fourth-order valence-electron chi connectivity index (χ4n) is 2.08. The minimum atomic E-state index is -0.359. The molecule has 0 aliphatic rings. The number of esters is 2. The SMILES string of the molecule is CCOC(=O)c1ccc(NC(=S)c2ccc(C(=O)OCC)cc2)cc1. The minimum Gasteiger partial charge on any atom is -0.462 e. The van der Waals surface area contributed by atoms with Crippen molar-refractivity contribution in [3.63, 3.8) is 0 Å². The maximum absolute atomic E-state index is 11.6. The molecule has 0 heterocycles. The minimum absolute atomic E-state index is 0.336. The van der Waals surface area contributed by atoms with Crippen molar-refractivity contribution in [2.75, 3.05) is 18.5 Å². The fourth-order valence-corrected chi connectivity index (χ4v) is 2.33. The lowest BCUT2D eigenvalue weighted by Gasteiger charge is -2.09. The number of carbonyl (C=O) groups is 2. The lowest BCUT2D eigenvalue weighted by molar-refractivity contribution is 0.0517. The van der Waals surface area contributed by atoms with Crippen LogP contribution in [0.5, 0.6) is 0 Å². The van der Waals surface area contributed by atoms with Crippen LogP contribution < -0.4 is 5.32 Å². The van der Waals surface area contributed by atoms with E-state index in [2.05, 4.69) is 5.32 Å². The van der Waals surface area contributed by atoms with Crippen LogP contribution in [0.25, 0.3) is 0 Å². The van der Waals surface area contributed by atoms with E-state index in [0.717, 1.165) is 11.3 Å². The van der Waals surface area contributed by atoms with Gasteiger partial charge in [0.2, 0.25) is 0 Å². The van der Waals surface area contributed by atoms with Crippen LogP contribution in [0.1, 0.15) is 40.1 Å². The highest BCUT2D eigenvalue weighted by Crippen LogP contribution is 2.14. The van der Waals surface area contributed by atoms with Crippen molar-refractivity contribution in [2.45, 2.75) is 13.8 Å². The zero-order chi connectivity index (χ0) is 18.2. The standard InChI is InChI=1S/C19H19NO4S/c1-3-23-18(21)14-7-5-13(6-8-14)17(25)20-16-11-9-15(10-12-16)19(22)24-4-2/h5-12H,3-4H2,1-2H3,(H,20,25). The first-order valence-corrected chi connectivity index (χ1v) is 8.31. The van der Waals surface area contributed by atoms with Crippen molar-refractivity contribution in [3.05, 3.63) is 65.2 Å². The summed E-state index contributed by atoms with van der Waals surface area (Å²) in [5.74, 6) is -0.714. The third kappa shape index (κ3) is 5.12. The molecule has 0 amide bonds. The lowest BCUT2D eigenvalue weighted by Crippen LogP contribution is -2.12. The fraction of sp³-hybridized carbons (Fsp3) is 0.211. The molecule has 0 atom stereocenters. The molecular weight excluding hydrogens is 338 g/mol. The average Bonchev–Trinajstić information content (AvgIpc) is 2.63. The summed E-state index contributed by atoms with van der Waals surface area (Å²) >= 11 is 5.37. The van der Waals surface area contributed by atoms with E-state index in [1.54, 1.807) is 62.4 Å². The van der Waals surface area contributed by atoms with Gasteiger partial charge in [0, 0.05) is 11.3 Å². The predicted molar refractivity (Wildman–Crippen MR) is 100 cm³/mol. The van der Waals surface area contributed by atoms with Crippen LogP contribution >= 0.6 is 12.2 Å². The van der Waals surface area contributed by atoms with Crippen molar-refractivity contribution >= 4 is 34.8 Å². The second-order valence-electron chi connectivity index (χ2n) is 5.05. The molecule has 130 valence electrons. The molecule has 0 aliphatic carbocycles. The molecule has 2 aromatic rings. The molecule has 0 unspecified atom stereocenters. The molecule has 2 rings (SSSR count). The zero-order valence-corrected chi connectivity index (χ0v) is 14.9. The van der Waals surface area contributed by atoms with Crippen LogP contribution in [-0.4, -0.2) is 30.1 Å². The summed E-state index contributed by atoms with van der Waals surface area (Å²) in [6.45, 7) is 4.20. The number of nitrogens with one attached hydrogen (secondary N) is 1. The van der Waals surface area contributed by atoms with Gasteiger partial charge in [0.25, 0.3) is 0 Å². The van der Waals surface area contributed by atoms with Crippen LogP contribution in [0, 0.1) is 0 Å². The highest BCUT2D eigenvalue weighted by atomic mass is 32.1. The van der Waals surface area contributed by atoms with Crippen LogP contribution in [0.4, 0.5) is 5.69 Å². The molecular formula is C19H19NO4S. The van der Waals surface area contributed by atoms with E-state index in [9.17, 15) is 9.59 Å². The average molecular weight is 357 g/mol. The van der Waals surface area contributed by atoms with Crippen LogP contribution in [0.2, 0.25) is 0 Å². The number of ether oxygens (including phenoxy) is 2. The molecule has 0 radical (unpaired) electrons. The van der Waals surface area contributed by atoms with Crippen molar-refractivity contribution in [2.24, 2.45) is 0 Å². The highest BCUT2D eigenvalue weighted by molar-refractivity contribution is 7.81. The maximum Gasteiger partial charge on any atom is 0.338 e. The van der Waals surface area contributed by atoms with E-state index in [1.165, 1.54) is 0 Å². The molecule has 0 fully saturated rings. The Morgan fingerprint density at radius 2 is 1.20 bits per heavy atom. The summed E-state index contributed by atoms with van der Waals surface area (Å²) < 4.78 is 9.89. The Morgan fingerprint density at radius 3 is 1.64 bits per heavy atom. The molecule has 5 nitrogen and oxygen atoms in total. The molecule has 0 bridgehead atoms. The molecule has 0 spiro atoms. The van der Waals surface area contributed by atoms with E-state index in [1.807, 2.05) is 0 Å². The van der Waals surface area contributed by atoms with E-state index in [4.69, 9.17) is 21.7 Å². The third-order valence-corrected chi connectivity index (χ3v) is 3.65. The largest absolute Gasteiger partial charge is 0.462 e. The Hall–Kier alpha value is -2.73. The molecule has 6 heteroatoms. The molecule has 1 N–H and O–H groups in total. The van der Waals surface area contributed by atoms with Crippen molar-refractivity contribution in [3.8, 4) is 0 Å². The topological polar surface area (TPSA) is 64.6 Å². The van der Waals surface area contributed by atoms with Gasteiger partial charge in [-0.2, -0.15) is 0 Å². The first-order chi connectivity index (χ1) is 12.0. The molecule has 0 saturated carbocycles. The van der Waals surface area contributed by atoms with E-state index < -0.39 is 0 Å². The zero-order valence-electron chi connectivity index (χ0n) is 14.1. The number of rotatable bonds is 6. The van der Waals surface area contributed by atoms with Gasteiger partial charge in [-0.15, -0.1) is 0 Å². The van der Waals surface area contributed by atoms with Gasteiger partial charge in [-0.1, -0.05) is 24.4 Å². The monoisotopic (exact) mass is 357 g/mol. The van der Waals surface area contributed by atoms with Gasteiger partial charge in [-0.3, -0.25) is 0 Å². The summed E-state index contributed by atoms with van der Waals surface area (Å²) in [6.07, 6.45) is 0. The van der Waals surface area contributed by atoms with Gasteiger partial charge < -0.3 is 14.8 Å². The summed E-state index contributed by atoms with van der Waals surface area (Å²) in [4.78, 5) is 23.8. The van der Waals surface area contributed by atoms with Gasteiger partial charge in [0.05, 0.1) is 24.3 Å². The summed E-state index contributed by atoms with van der Waals surface area (Å²) in [5.41, 5.74) is 2.49. The third-order valence-electron chi connectivity index (χ3n) is 3.31. The number of thiocarbonyl (C=S) groups is 1.